The van der Waals surface area contributed by atoms with Gasteiger partial charge in [0.05, 0.1) is 24.0 Å². The molecule has 0 aliphatic carbocycles. The predicted octanol–water partition coefficient (Wildman–Crippen LogP) is 3.34. The second-order valence-corrected chi connectivity index (χ2v) is 6.92. The van der Waals surface area contributed by atoms with Gasteiger partial charge in [0.25, 0.3) is 5.56 Å². The van der Waals surface area contributed by atoms with E-state index in [0.717, 1.165) is 27.8 Å². The Morgan fingerprint density at radius 3 is 2.58 bits per heavy atom. The molecule has 0 saturated carbocycles. The minimum atomic E-state index is -0.0880. The normalized spacial score (nSPS) is 11.2. The summed E-state index contributed by atoms with van der Waals surface area (Å²) in [5.74, 6) is 0.0463. The smallest absolute Gasteiger partial charge is 0.264 e. The van der Waals surface area contributed by atoms with Crippen LogP contribution in [0.1, 0.15) is 45.2 Å². The Hall–Kier alpha value is -2.34. The van der Waals surface area contributed by atoms with Crippen LogP contribution in [0.25, 0.3) is 10.2 Å². The summed E-state index contributed by atoms with van der Waals surface area (Å²) >= 11 is 1.24. The highest BCUT2D eigenvalue weighted by molar-refractivity contribution is 7.12. The zero-order valence-corrected chi connectivity index (χ0v) is 15.2. The Morgan fingerprint density at radius 2 is 1.92 bits per heavy atom. The maximum absolute atomic E-state index is 12.7. The standard InChI is InChI=1S/C18H19N3O2S/c1-9-6-10(2)15(13(5)22)11(3)14(9)7-21-8-19-17-16(18(21)23)12(4)20-24-17/h6,8H,7H2,1-5H3. The number of carbonyl (C=O) groups is 1. The number of hydrogen-bond acceptors (Lipinski definition) is 5. The summed E-state index contributed by atoms with van der Waals surface area (Å²) in [6.45, 7) is 9.70. The van der Waals surface area contributed by atoms with E-state index in [1.54, 1.807) is 17.8 Å². The summed E-state index contributed by atoms with van der Waals surface area (Å²) < 4.78 is 5.81. The van der Waals surface area contributed by atoms with Crippen LogP contribution in [-0.4, -0.2) is 19.7 Å². The predicted molar refractivity (Wildman–Crippen MR) is 96.2 cm³/mol. The molecule has 0 amide bonds. The number of carbonyl (C=O) groups excluding carboxylic acids is 1. The molecule has 1 aromatic carbocycles. The summed E-state index contributed by atoms with van der Waals surface area (Å²) in [6, 6.07) is 2.01. The van der Waals surface area contributed by atoms with Crippen LogP contribution in [0.5, 0.6) is 0 Å². The fourth-order valence-corrected chi connectivity index (χ4v) is 4.04. The second-order valence-electron chi connectivity index (χ2n) is 6.17. The van der Waals surface area contributed by atoms with Crippen LogP contribution in [0.3, 0.4) is 0 Å². The number of rotatable bonds is 3. The van der Waals surface area contributed by atoms with Crippen molar-refractivity contribution in [3.63, 3.8) is 0 Å². The van der Waals surface area contributed by atoms with Crippen LogP contribution in [-0.2, 0) is 6.54 Å². The highest BCUT2D eigenvalue weighted by Gasteiger charge is 2.16. The van der Waals surface area contributed by atoms with Crippen molar-refractivity contribution in [2.45, 2.75) is 41.2 Å². The molecule has 0 fully saturated rings. The van der Waals surface area contributed by atoms with Gasteiger partial charge in [-0.3, -0.25) is 14.2 Å². The van der Waals surface area contributed by atoms with Crippen molar-refractivity contribution in [2.24, 2.45) is 0 Å². The Labute approximate surface area is 144 Å². The van der Waals surface area contributed by atoms with Crippen molar-refractivity contribution >= 4 is 27.5 Å². The number of hydrogen-bond donors (Lipinski definition) is 0. The van der Waals surface area contributed by atoms with Crippen molar-refractivity contribution in [3.8, 4) is 0 Å². The molecule has 0 radical (unpaired) electrons. The number of Topliss-reactive ketones (excluding diaryl/α,β-unsaturated/α-hetero) is 1. The number of benzene rings is 1. The van der Waals surface area contributed by atoms with Crippen LogP contribution in [0, 0.1) is 27.7 Å². The highest BCUT2D eigenvalue weighted by Crippen LogP contribution is 2.24. The third kappa shape index (κ3) is 2.57. The number of aromatic nitrogens is 3. The van der Waals surface area contributed by atoms with Gasteiger partial charge in [-0.15, -0.1) is 0 Å². The summed E-state index contributed by atoms with van der Waals surface area (Å²) in [6.07, 6.45) is 1.56. The second kappa shape index (κ2) is 5.94. The zero-order chi connectivity index (χ0) is 17.6. The van der Waals surface area contributed by atoms with Crippen LogP contribution < -0.4 is 5.56 Å². The molecule has 5 nitrogen and oxygen atoms in total. The molecule has 124 valence electrons. The molecule has 24 heavy (non-hydrogen) atoms. The van der Waals surface area contributed by atoms with Gasteiger partial charge in [-0.1, -0.05) is 6.07 Å². The van der Waals surface area contributed by atoms with E-state index in [1.165, 1.54) is 11.5 Å². The number of aryl methyl sites for hydroxylation is 3. The Balaban J connectivity index is 2.17. The molecule has 3 aromatic rings. The summed E-state index contributed by atoms with van der Waals surface area (Å²) in [7, 11) is 0. The molecule has 0 spiro atoms. The van der Waals surface area contributed by atoms with Crippen LogP contribution in [0.2, 0.25) is 0 Å². The van der Waals surface area contributed by atoms with Crippen LogP contribution in [0.15, 0.2) is 17.2 Å². The van der Waals surface area contributed by atoms with Gasteiger partial charge < -0.3 is 0 Å². The van der Waals surface area contributed by atoms with E-state index in [4.69, 9.17) is 0 Å². The average molecular weight is 341 g/mol. The number of ketones is 1. The van der Waals surface area contributed by atoms with Gasteiger partial charge in [0.15, 0.2) is 10.6 Å². The molecule has 0 atom stereocenters. The first-order valence-electron chi connectivity index (χ1n) is 7.73. The first-order valence-corrected chi connectivity index (χ1v) is 8.50. The number of nitrogens with zero attached hydrogens (tertiary/aromatic N) is 3. The molecule has 0 aliphatic heterocycles. The Morgan fingerprint density at radius 1 is 1.21 bits per heavy atom. The molecular formula is C18H19N3O2S. The van der Waals surface area contributed by atoms with Crippen molar-refractivity contribution in [3.05, 3.63) is 56.3 Å². The topological polar surface area (TPSA) is 64.8 Å². The summed E-state index contributed by atoms with van der Waals surface area (Å²) in [5, 5.41) is 0.580. The summed E-state index contributed by atoms with van der Waals surface area (Å²) in [5.41, 5.74) is 5.34. The molecule has 2 heterocycles. The first kappa shape index (κ1) is 16.5. The van der Waals surface area contributed by atoms with Gasteiger partial charge in [0.2, 0.25) is 0 Å². The van der Waals surface area contributed by atoms with E-state index in [9.17, 15) is 9.59 Å². The Kier molecular flexibility index (Phi) is 4.09. The van der Waals surface area contributed by atoms with Crippen molar-refractivity contribution in [1.82, 2.24) is 13.9 Å². The fraction of sp³-hybridized carbons (Fsp3) is 0.333. The molecule has 0 N–H and O–H groups in total. The van der Waals surface area contributed by atoms with Crippen molar-refractivity contribution in [2.75, 3.05) is 0 Å². The molecule has 2 aromatic heterocycles. The maximum Gasteiger partial charge on any atom is 0.264 e. The minimum absolute atomic E-state index is 0.0463. The fourth-order valence-electron chi connectivity index (χ4n) is 3.30. The SMILES string of the molecule is CC(=O)c1c(C)cc(C)c(Cn2cnc3snc(C)c3c2=O)c1C. The van der Waals surface area contributed by atoms with Crippen molar-refractivity contribution in [1.29, 1.82) is 0 Å². The molecule has 0 saturated heterocycles. The van der Waals surface area contributed by atoms with Crippen LogP contribution in [0.4, 0.5) is 0 Å². The lowest BCUT2D eigenvalue weighted by atomic mass is 9.91. The third-order valence-corrected chi connectivity index (χ3v) is 5.29. The molecule has 3 rings (SSSR count). The molecular weight excluding hydrogens is 322 g/mol. The monoisotopic (exact) mass is 341 g/mol. The largest absolute Gasteiger partial charge is 0.294 e. The maximum atomic E-state index is 12.7. The lowest BCUT2D eigenvalue weighted by Crippen LogP contribution is -2.22. The Bertz CT molecular complexity index is 1030. The highest BCUT2D eigenvalue weighted by atomic mass is 32.1. The minimum Gasteiger partial charge on any atom is -0.294 e. The lowest BCUT2D eigenvalue weighted by molar-refractivity contribution is 0.101. The van der Waals surface area contributed by atoms with E-state index in [0.29, 0.717) is 22.5 Å². The average Bonchev–Trinajstić information content (AvgIpc) is 2.87. The van der Waals surface area contributed by atoms with E-state index in [1.807, 2.05) is 33.8 Å². The number of fused-ring (bicyclic) bond motifs is 1. The van der Waals surface area contributed by atoms with E-state index in [-0.39, 0.29) is 11.3 Å². The molecule has 6 heteroatoms. The van der Waals surface area contributed by atoms with Crippen molar-refractivity contribution < 1.29 is 4.79 Å². The van der Waals surface area contributed by atoms with E-state index in [2.05, 4.69) is 9.36 Å². The van der Waals surface area contributed by atoms with Gasteiger partial charge in [-0.25, -0.2) is 4.98 Å². The van der Waals surface area contributed by atoms with Crippen LogP contribution >= 0.6 is 11.5 Å². The van der Waals surface area contributed by atoms with E-state index < -0.39 is 0 Å². The van der Waals surface area contributed by atoms with Gasteiger partial charge >= 0.3 is 0 Å². The lowest BCUT2D eigenvalue weighted by Gasteiger charge is -2.16. The van der Waals surface area contributed by atoms with E-state index >= 15 is 0 Å². The first-order chi connectivity index (χ1) is 11.3. The third-order valence-electron chi connectivity index (χ3n) is 4.45. The molecule has 0 aliphatic rings. The van der Waals surface area contributed by atoms with Gasteiger partial charge in [-0.05, 0) is 68.4 Å². The van der Waals surface area contributed by atoms with Gasteiger partial charge in [-0.2, -0.15) is 4.37 Å². The molecule has 0 unspecified atom stereocenters. The van der Waals surface area contributed by atoms with Gasteiger partial charge in [0, 0.05) is 5.56 Å². The summed E-state index contributed by atoms with van der Waals surface area (Å²) in [4.78, 5) is 29.7. The van der Waals surface area contributed by atoms with Gasteiger partial charge in [0.1, 0.15) is 0 Å². The quantitative estimate of drug-likeness (QED) is 0.685. The molecule has 0 bridgehead atoms. The zero-order valence-electron chi connectivity index (χ0n) is 14.4.